The second-order valence-corrected chi connectivity index (χ2v) is 7.46. The molecule has 0 aromatic heterocycles. The highest BCUT2D eigenvalue weighted by Crippen LogP contribution is 2.60. The Morgan fingerprint density at radius 1 is 1.08 bits per heavy atom. The molecular formula is C20H20O6. The molecule has 0 radical (unpaired) electrons. The van der Waals surface area contributed by atoms with Crippen molar-refractivity contribution < 1.29 is 29.6 Å². The van der Waals surface area contributed by atoms with E-state index in [1.807, 2.05) is 20.8 Å². The lowest BCUT2D eigenvalue weighted by atomic mass is 9.76. The number of benzene rings is 2. The number of rotatable bonds is 1. The Morgan fingerprint density at radius 2 is 1.73 bits per heavy atom. The van der Waals surface area contributed by atoms with Crippen LogP contribution in [0.4, 0.5) is 0 Å². The maximum atomic E-state index is 12.7. The summed E-state index contributed by atoms with van der Waals surface area (Å²) in [5.74, 6) is -1.25. The van der Waals surface area contributed by atoms with Crippen molar-refractivity contribution in [3.63, 3.8) is 0 Å². The third-order valence-electron chi connectivity index (χ3n) is 5.73. The molecule has 26 heavy (non-hydrogen) atoms. The quantitative estimate of drug-likeness (QED) is 0.675. The molecule has 0 spiro atoms. The minimum atomic E-state index is -0.567. The van der Waals surface area contributed by atoms with Crippen LogP contribution in [0.1, 0.15) is 49.2 Å². The predicted octanol–water partition coefficient (Wildman–Crippen LogP) is 3.62. The first-order valence-electron chi connectivity index (χ1n) is 8.37. The molecule has 6 heteroatoms. The highest BCUT2D eigenvalue weighted by Gasteiger charge is 2.46. The van der Waals surface area contributed by atoms with Gasteiger partial charge in [0.25, 0.3) is 0 Å². The van der Waals surface area contributed by atoms with Crippen LogP contribution in [0.15, 0.2) is 6.08 Å². The maximum absolute atomic E-state index is 12.7. The van der Waals surface area contributed by atoms with Gasteiger partial charge in [-0.1, -0.05) is 13.8 Å². The minimum absolute atomic E-state index is 0.0404. The normalized spacial score (nSPS) is 20.0. The molecule has 1 unspecified atom stereocenters. The average molecular weight is 356 g/mol. The van der Waals surface area contributed by atoms with Crippen LogP contribution in [0.2, 0.25) is 0 Å². The molecule has 3 N–H and O–H groups in total. The first-order chi connectivity index (χ1) is 12.1. The summed E-state index contributed by atoms with van der Waals surface area (Å²) >= 11 is 0. The van der Waals surface area contributed by atoms with Crippen LogP contribution in [0.25, 0.3) is 16.3 Å². The topological polar surface area (TPSA) is 96.2 Å². The zero-order valence-corrected chi connectivity index (χ0v) is 15.2. The van der Waals surface area contributed by atoms with E-state index < -0.39 is 16.9 Å². The van der Waals surface area contributed by atoms with Gasteiger partial charge in [0.1, 0.15) is 17.6 Å². The fourth-order valence-corrected chi connectivity index (χ4v) is 4.05. The number of hydrogen-bond acceptors (Lipinski definition) is 6. The van der Waals surface area contributed by atoms with Crippen LogP contribution in [-0.2, 0) is 5.41 Å². The zero-order chi connectivity index (χ0) is 19.1. The van der Waals surface area contributed by atoms with Crippen LogP contribution in [0, 0.1) is 0 Å². The second kappa shape index (κ2) is 4.84. The van der Waals surface area contributed by atoms with Gasteiger partial charge >= 0.3 is 0 Å². The van der Waals surface area contributed by atoms with Crippen molar-refractivity contribution in [2.45, 2.75) is 39.2 Å². The van der Waals surface area contributed by atoms with Crippen LogP contribution in [0.3, 0.4) is 0 Å². The molecule has 0 fully saturated rings. The van der Waals surface area contributed by atoms with Gasteiger partial charge < -0.3 is 24.8 Å². The molecule has 136 valence electrons. The largest absolute Gasteiger partial charge is 0.507 e. The van der Waals surface area contributed by atoms with Gasteiger partial charge in [-0.2, -0.15) is 0 Å². The second-order valence-electron chi connectivity index (χ2n) is 7.46. The highest BCUT2D eigenvalue weighted by atomic mass is 16.5. The molecule has 1 atom stereocenters. The van der Waals surface area contributed by atoms with Crippen molar-refractivity contribution in [3.8, 4) is 28.7 Å². The summed E-state index contributed by atoms with van der Waals surface area (Å²) < 4.78 is 11.3. The standard InChI is InChI=1S/C20H20O6/c1-7-6-9(21)11-12-10(7)18-14(20(3,4)8(2)26-18)15(22)13(12)16(23)17(24)19(11)25-5/h6,8,22-24H,1-5H3. The van der Waals surface area contributed by atoms with E-state index in [1.165, 1.54) is 13.2 Å². The molecule has 2 aromatic rings. The summed E-state index contributed by atoms with van der Waals surface area (Å²) in [6.07, 6.45) is 1.23. The Bertz CT molecular complexity index is 1040. The number of phenolic OH excluding ortho intramolecular Hbond substituents is 3. The van der Waals surface area contributed by atoms with E-state index in [0.29, 0.717) is 27.8 Å². The van der Waals surface area contributed by atoms with Gasteiger partial charge in [-0.15, -0.1) is 0 Å². The minimum Gasteiger partial charge on any atom is -0.507 e. The van der Waals surface area contributed by atoms with Crippen LogP contribution in [-0.4, -0.2) is 34.3 Å². The molecule has 0 saturated carbocycles. The van der Waals surface area contributed by atoms with Crippen molar-refractivity contribution >= 4 is 22.1 Å². The third kappa shape index (κ3) is 1.69. The summed E-state index contributed by atoms with van der Waals surface area (Å²) in [5, 5.41) is 32.4. The Kier molecular flexibility index (Phi) is 3.09. The van der Waals surface area contributed by atoms with Gasteiger partial charge in [0.05, 0.1) is 18.1 Å². The summed E-state index contributed by atoms with van der Waals surface area (Å²) in [7, 11) is 1.31. The van der Waals surface area contributed by atoms with Crippen molar-refractivity contribution in [2.75, 3.05) is 7.11 Å². The fraction of sp³-hybridized carbons (Fsp3) is 0.350. The van der Waals surface area contributed by atoms with E-state index in [-0.39, 0.29) is 34.3 Å². The van der Waals surface area contributed by atoms with Crippen LogP contribution >= 0.6 is 0 Å². The van der Waals surface area contributed by atoms with E-state index in [9.17, 15) is 20.1 Å². The highest BCUT2D eigenvalue weighted by molar-refractivity contribution is 6.26. The van der Waals surface area contributed by atoms with Crippen LogP contribution in [0.5, 0.6) is 28.7 Å². The van der Waals surface area contributed by atoms with Gasteiger partial charge in [0, 0.05) is 21.9 Å². The number of methoxy groups -OCH3 is 1. The summed E-state index contributed by atoms with van der Waals surface area (Å²) in [6, 6.07) is 0. The third-order valence-corrected chi connectivity index (χ3v) is 5.73. The smallest absolute Gasteiger partial charge is 0.202 e. The number of aromatic hydroxyl groups is 3. The molecule has 1 aliphatic heterocycles. The maximum Gasteiger partial charge on any atom is 0.202 e. The number of carbonyl (C=O) groups is 1. The van der Waals surface area contributed by atoms with E-state index in [4.69, 9.17) is 9.47 Å². The van der Waals surface area contributed by atoms with E-state index in [2.05, 4.69) is 0 Å². The summed E-state index contributed by atoms with van der Waals surface area (Å²) in [6.45, 7) is 7.57. The van der Waals surface area contributed by atoms with Crippen LogP contribution < -0.4 is 9.47 Å². The van der Waals surface area contributed by atoms with E-state index in [0.717, 1.165) is 0 Å². The monoisotopic (exact) mass is 356 g/mol. The van der Waals surface area contributed by atoms with Crippen molar-refractivity contribution in [1.82, 2.24) is 0 Å². The molecule has 1 heterocycles. The molecule has 2 aromatic carbocycles. The number of ether oxygens (including phenoxy) is 2. The van der Waals surface area contributed by atoms with Crippen molar-refractivity contribution in [2.24, 2.45) is 0 Å². The first kappa shape index (κ1) is 16.6. The molecule has 0 bridgehead atoms. The number of carbonyl (C=O) groups excluding carboxylic acids is 1. The lowest BCUT2D eigenvalue weighted by molar-refractivity contribution is 0.104. The lowest BCUT2D eigenvalue weighted by Crippen LogP contribution is -2.28. The van der Waals surface area contributed by atoms with Gasteiger partial charge in [-0.3, -0.25) is 4.79 Å². The van der Waals surface area contributed by atoms with Crippen molar-refractivity contribution in [1.29, 1.82) is 0 Å². The number of phenols is 3. The molecule has 0 saturated heterocycles. The molecule has 6 nitrogen and oxygen atoms in total. The van der Waals surface area contributed by atoms with E-state index >= 15 is 0 Å². The Balaban J connectivity index is 2.34. The number of ketones is 1. The van der Waals surface area contributed by atoms with E-state index in [1.54, 1.807) is 6.92 Å². The van der Waals surface area contributed by atoms with Crippen molar-refractivity contribution in [3.05, 3.63) is 22.8 Å². The number of fused-ring (bicyclic) bond motifs is 2. The Hall–Kier alpha value is -2.89. The Morgan fingerprint density at radius 3 is 2.35 bits per heavy atom. The van der Waals surface area contributed by atoms with Gasteiger partial charge in [-0.25, -0.2) is 0 Å². The first-order valence-corrected chi connectivity index (χ1v) is 8.37. The SMILES string of the molecule is COc1c(O)c(O)c2c(O)c3c(c4c2c1C(=O)C=C4C)OC(C)C3(C)C. The fourth-order valence-electron chi connectivity index (χ4n) is 4.05. The molecule has 2 aliphatic rings. The van der Waals surface area contributed by atoms with Gasteiger partial charge in [-0.05, 0) is 25.5 Å². The molecule has 1 aliphatic carbocycles. The molecule has 0 amide bonds. The average Bonchev–Trinajstić information content (AvgIpc) is 2.79. The van der Waals surface area contributed by atoms with Gasteiger partial charge in [0.15, 0.2) is 17.3 Å². The molecular weight excluding hydrogens is 336 g/mol. The number of allylic oxidation sites excluding steroid dienone is 2. The summed E-state index contributed by atoms with van der Waals surface area (Å²) in [4.78, 5) is 12.7. The summed E-state index contributed by atoms with van der Waals surface area (Å²) in [5.41, 5.74) is 1.45. The molecule has 4 rings (SSSR count). The van der Waals surface area contributed by atoms with Gasteiger partial charge in [0.2, 0.25) is 5.75 Å². The lowest BCUT2D eigenvalue weighted by Gasteiger charge is -2.25. The Labute approximate surface area is 150 Å². The number of hydrogen-bond donors (Lipinski definition) is 3. The zero-order valence-electron chi connectivity index (χ0n) is 15.2. The predicted molar refractivity (Wildman–Crippen MR) is 96.6 cm³/mol.